The highest BCUT2D eigenvalue weighted by Crippen LogP contribution is 2.13. The molecule has 0 aromatic carbocycles. The van der Waals surface area contributed by atoms with Crippen molar-refractivity contribution < 1.29 is 49.9 Å². The monoisotopic (exact) mass is 578 g/mol. The molecule has 28 heavy (non-hydrogen) atoms. The highest BCUT2D eigenvalue weighted by molar-refractivity contribution is 4.45. The fraction of sp³-hybridized carbons (Fsp3) is 1.00. The van der Waals surface area contributed by atoms with Gasteiger partial charge in [0, 0.05) is 0 Å². The molecule has 0 aliphatic heterocycles. The molecule has 0 amide bonds. The zero-order valence-corrected chi connectivity index (χ0v) is 24.7. The normalized spacial score (nSPS) is 11.1. The van der Waals surface area contributed by atoms with Gasteiger partial charge in [0.25, 0.3) is 0 Å². The fourth-order valence-corrected chi connectivity index (χ4v) is 5.14. The van der Waals surface area contributed by atoms with Gasteiger partial charge in [-0.2, -0.15) is 0 Å². The Labute approximate surface area is 208 Å². The molecule has 0 aromatic heterocycles. The molecule has 0 spiro atoms. The van der Waals surface area contributed by atoms with Crippen LogP contribution in [0.2, 0.25) is 0 Å². The third-order valence-electron chi connectivity index (χ3n) is 5.58. The van der Waals surface area contributed by atoms with Gasteiger partial charge in [-0.25, -0.2) is 0 Å². The summed E-state index contributed by atoms with van der Waals surface area (Å²) in [4.78, 5) is 0. The first-order valence-corrected chi connectivity index (χ1v) is 12.2. The molecular weight excluding hydrogens is 523 g/mol. The van der Waals surface area contributed by atoms with E-state index >= 15 is 0 Å². The number of rotatable bonds is 16. The Morgan fingerprint density at radius 3 is 0.500 bits per heavy atom. The lowest BCUT2D eigenvalue weighted by Crippen LogP contribution is -3.00. The van der Waals surface area contributed by atoms with Gasteiger partial charge >= 0.3 is 0 Å². The molecule has 0 rings (SSSR count). The van der Waals surface area contributed by atoms with E-state index < -0.39 is 0 Å². The molecular formula is C24H56BrIN2. The van der Waals surface area contributed by atoms with Gasteiger partial charge < -0.3 is 49.9 Å². The van der Waals surface area contributed by atoms with Gasteiger partial charge in [-0.05, 0) is 51.4 Å². The number of nitrogens with zero attached hydrogens (tertiary/aromatic N) is 2. The van der Waals surface area contributed by atoms with Gasteiger partial charge in [-0.3, -0.25) is 0 Å². The van der Waals surface area contributed by atoms with Crippen molar-refractivity contribution in [1.82, 2.24) is 0 Å². The van der Waals surface area contributed by atoms with E-state index in [1.807, 2.05) is 0 Å². The molecule has 0 atom stereocenters. The predicted molar refractivity (Wildman–Crippen MR) is 122 cm³/mol. The molecule has 0 fully saturated rings. The van der Waals surface area contributed by atoms with E-state index in [4.69, 9.17) is 0 Å². The Kier molecular flexibility index (Phi) is 31.8. The first-order chi connectivity index (χ1) is 12.5. The van der Waals surface area contributed by atoms with Crippen LogP contribution < -0.4 is 41.0 Å². The van der Waals surface area contributed by atoms with Gasteiger partial charge in [0.15, 0.2) is 0 Å². The van der Waals surface area contributed by atoms with Gasteiger partial charge in [0.2, 0.25) is 0 Å². The quantitative estimate of drug-likeness (QED) is 0.189. The minimum atomic E-state index is 0. The second kappa shape index (κ2) is 24.4. The van der Waals surface area contributed by atoms with E-state index in [0.717, 1.165) is 0 Å². The van der Waals surface area contributed by atoms with E-state index in [2.05, 4.69) is 55.4 Å². The van der Waals surface area contributed by atoms with Gasteiger partial charge in [0.1, 0.15) is 0 Å². The summed E-state index contributed by atoms with van der Waals surface area (Å²) < 4.78 is 2.75. The smallest absolute Gasteiger partial charge is 0.0783 e. The van der Waals surface area contributed by atoms with Crippen LogP contribution in [0.3, 0.4) is 0 Å². The number of hydrogen-bond donors (Lipinski definition) is 0. The minimum Gasteiger partial charge on any atom is -1.00 e. The minimum absolute atomic E-state index is 0. The van der Waals surface area contributed by atoms with E-state index in [9.17, 15) is 0 Å². The van der Waals surface area contributed by atoms with Crippen molar-refractivity contribution in [1.29, 1.82) is 0 Å². The molecule has 0 N–H and O–H groups in total. The highest BCUT2D eigenvalue weighted by Gasteiger charge is 2.23. The van der Waals surface area contributed by atoms with Crippen molar-refractivity contribution in [2.75, 3.05) is 52.4 Å². The lowest BCUT2D eigenvalue weighted by molar-refractivity contribution is -0.928. The lowest BCUT2D eigenvalue weighted by atomic mass is 10.2. The average Bonchev–Trinajstić information content (AvgIpc) is 2.57. The second-order valence-electron chi connectivity index (χ2n) is 8.47. The SMILES string of the molecule is CCC[N+](CCC)(CCC)CCC.CCC[N+](CCC)(CCC)CCC.[Br-].[I-]. The zero-order chi connectivity index (χ0) is 20.3. The molecule has 0 bridgehead atoms. The molecule has 0 aromatic rings. The Morgan fingerprint density at radius 2 is 0.429 bits per heavy atom. The van der Waals surface area contributed by atoms with Crippen LogP contribution in [-0.4, -0.2) is 61.3 Å². The summed E-state index contributed by atoms with van der Waals surface area (Å²) in [5.41, 5.74) is 0. The maximum atomic E-state index is 2.31. The van der Waals surface area contributed by atoms with E-state index in [1.54, 1.807) is 0 Å². The summed E-state index contributed by atoms with van der Waals surface area (Å²) in [6, 6.07) is 0. The largest absolute Gasteiger partial charge is 1.00 e. The van der Waals surface area contributed by atoms with Gasteiger partial charge in [-0.15, -0.1) is 0 Å². The van der Waals surface area contributed by atoms with Crippen LogP contribution in [0.25, 0.3) is 0 Å². The maximum Gasteiger partial charge on any atom is 0.0783 e. The molecule has 0 unspecified atom stereocenters. The van der Waals surface area contributed by atoms with Crippen LogP contribution in [0, 0.1) is 0 Å². The van der Waals surface area contributed by atoms with Crippen LogP contribution in [-0.2, 0) is 0 Å². The summed E-state index contributed by atoms with van der Waals surface area (Å²) in [7, 11) is 0. The van der Waals surface area contributed by atoms with Crippen LogP contribution >= 0.6 is 0 Å². The first kappa shape index (κ1) is 36.5. The van der Waals surface area contributed by atoms with E-state index in [0.29, 0.717) is 0 Å². The second-order valence-corrected chi connectivity index (χ2v) is 8.47. The van der Waals surface area contributed by atoms with Crippen molar-refractivity contribution in [3.63, 3.8) is 0 Å². The molecule has 0 radical (unpaired) electrons. The summed E-state index contributed by atoms with van der Waals surface area (Å²) in [5.74, 6) is 0. The number of halogens is 2. The van der Waals surface area contributed by atoms with Gasteiger partial charge in [0.05, 0.1) is 52.4 Å². The summed E-state index contributed by atoms with van der Waals surface area (Å²) in [6.07, 6.45) is 10.7. The summed E-state index contributed by atoms with van der Waals surface area (Å²) in [5, 5.41) is 0. The van der Waals surface area contributed by atoms with E-state index in [-0.39, 0.29) is 41.0 Å². The Hall–Kier alpha value is 1.13. The Morgan fingerprint density at radius 1 is 0.321 bits per heavy atom. The third kappa shape index (κ3) is 16.9. The molecule has 2 nitrogen and oxygen atoms in total. The Bertz CT molecular complexity index is 201. The molecule has 0 heterocycles. The molecule has 0 saturated heterocycles. The van der Waals surface area contributed by atoms with Crippen molar-refractivity contribution in [3.05, 3.63) is 0 Å². The topological polar surface area (TPSA) is 0 Å². The average molecular weight is 580 g/mol. The van der Waals surface area contributed by atoms with Crippen LogP contribution in [0.15, 0.2) is 0 Å². The maximum absolute atomic E-state index is 2.31. The molecule has 176 valence electrons. The Balaban J connectivity index is -0.000000192. The fourth-order valence-electron chi connectivity index (χ4n) is 5.14. The standard InChI is InChI=1S/2C12H28N.BrH.HI/c2*1-5-9-13(10-6-2,11-7-3)12-8-4;;/h2*5-12H2,1-4H3;2*1H/q2*+1;;/p-2. The lowest BCUT2D eigenvalue weighted by Gasteiger charge is -2.38. The van der Waals surface area contributed by atoms with Crippen molar-refractivity contribution in [3.8, 4) is 0 Å². The van der Waals surface area contributed by atoms with Gasteiger partial charge in [-0.1, -0.05) is 55.4 Å². The molecule has 0 aliphatic rings. The number of hydrogen-bond acceptors (Lipinski definition) is 0. The summed E-state index contributed by atoms with van der Waals surface area (Å²) in [6.45, 7) is 29.6. The summed E-state index contributed by atoms with van der Waals surface area (Å²) >= 11 is 0. The van der Waals surface area contributed by atoms with Crippen LogP contribution in [0.1, 0.15) is 107 Å². The van der Waals surface area contributed by atoms with Crippen LogP contribution in [0.5, 0.6) is 0 Å². The number of quaternary nitrogens is 2. The van der Waals surface area contributed by atoms with E-state index in [1.165, 1.54) is 113 Å². The first-order valence-electron chi connectivity index (χ1n) is 12.2. The third-order valence-corrected chi connectivity index (χ3v) is 5.58. The van der Waals surface area contributed by atoms with Crippen molar-refractivity contribution >= 4 is 0 Å². The van der Waals surface area contributed by atoms with Crippen molar-refractivity contribution in [2.24, 2.45) is 0 Å². The highest BCUT2D eigenvalue weighted by atomic mass is 127. The predicted octanol–water partition coefficient (Wildman–Crippen LogP) is 0.894. The zero-order valence-electron chi connectivity index (χ0n) is 21.0. The van der Waals surface area contributed by atoms with Crippen molar-refractivity contribution in [2.45, 2.75) is 107 Å². The molecule has 0 aliphatic carbocycles. The molecule has 0 saturated carbocycles. The van der Waals surface area contributed by atoms with Crippen LogP contribution in [0.4, 0.5) is 0 Å². The molecule has 4 heteroatoms.